The number of carbonyl (C=O) groups is 1. The molecule has 1 fully saturated rings. The Hall–Kier alpha value is -0.810. The SMILES string of the molecule is NC1CCCN(C(=O)O)CC1N. The van der Waals surface area contributed by atoms with E-state index in [4.69, 9.17) is 16.6 Å². The molecule has 0 bridgehead atoms. The number of amides is 1. The molecule has 1 rings (SSSR count). The van der Waals surface area contributed by atoms with Crippen molar-refractivity contribution in [3.8, 4) is 0 Å². The van der Waals surface area contributed by atoms with Gasteiger partial charge < -0.3 is 21.5 Å². The average molecular weight is 173 g/mol. The van der Waals surface area contributed by atoms with E-state index in [-0.39, 0.29) is 12.1 Å². The van der Waals surface area contributed by atoms with E-state index < -0.39 is 6.09 Å². The molecule has 5 nitrogen and oxygen atoms in total. The summed E-state index contributed by atoms with van der Waals surface area (Å²) in [4.78, 5) is 11.9. The molecule has 70 valence electrons. The van der Waals surface area contributed by atoms with E-state index in [0.717, 1.165) is 12.8 Å². The summed E-state index contributed by atoms with van der Waals surface area (Å²) in [7, 11) is 0. The van der Waals surface area contributed by atoms with Crippen molar-refractivity contribution in [1.29, 1.82) is 0 Å². The zero-order valence-electron chi connectivity index (χ0n) is 6.94. The third kappa shape index (κ3) is 2.09. The minimum atomic E-state index is -0.903. The molecular formula is C7H15N3O2. The Kier molecular flexibility index (Phi) is 2.88. The van der Waals surface area contributed by atoms with E-state index in [0.29, 0.717) is 13.1 Å². The number of hydrogen-bond donors (Lipinski definition) is 3. The summed E-state index contributed by atoms with van der Waals surface area (Å²) in [5, 5.41) is 8.70. The lowest BCUT2D eigenvalue weighted by atomic mass is 10.1. The fourth-order valence-corrected chi connectivity index (χ4v) is 1.39. The highest BCUT2D eigenvalue weighted by molar-refractivity contribution is 5.65. The summed E-state index contributed by atoms with van der Waals surface area (Å²) in [6.07, 6.45) is 0.714. The molecule has 0 spiro atoms. The normalized spacial score (nSPS) is 31.3. The molecule has 1 amide bonds. The molecule has 12 heavy (non-hydrogen) atoms. The molecule has 1 heterocycles. The third-order valence-electron chi connectivity index (χ3n) is 2.22. The highest BCUT2D eigenvalue weighted by Crippen LogP contribution is 2.08. The summed E-state index contributed by atoms with van der Waals surface area (Å²) < 4.78 is 0. The fraction of sp³-hybridized carbons (Fsp3) is 0.857. The summed E-state index contributed by atoms with van der Waals surface area (Å²) in [6, 6.07) is -0.280. The summed E-state index contributed by atoms with van der Waals surface area (Å²) in [5.74, 6) is 0. The lowest BCUT2D eigenvalue weighted by Gasteiger charge is -2.20. The number of nitrogens with two attached hydrogens (primary N) is 2. The van der Waals surface area contributed by atoms with E-state index in [1.54, 1.807) is 0 Å². The van der Waals surface area contributed by atoms with Crippen LogP contribution in [0.15, 0.2) is 0 Å². The standard InChI is InChI=1S/C7H15N3O2/c8-5-2-1-3-10(7(11)12)4-6(5)9/h5-6H,1-4,8-9H2,(H,11,12). The van der Waals surface area contributed by atoms with Gasteiger partial charge in [0.15, 0.2) is 0 Å². The lowest BCUT2D eigenvalue weighted by molar-refractivity contribution is 0.144. The van der Waals surface area contributed by atoms with Crippen molar-refractivity contribution in [2.45, 2.75) is 24.9 Å². The second-order valence-electron chi connectivity index (χ2n) is 3.20. The smallest absolute Gasteiger partial charge is 0.407 e. The van der Waals surface area contributed by atoms with E-state index in [9.17, 15) is 4.79 Å². The van der Waals surface area contributed by atoms with Crippen LogP contribution in [0.1, 0.15) is 12.8 Å². The molecule has 0 aromatic rings. The lowest BCUT2D eigenvalue weighted by Crippen LogP contribution is -2.47. The first kappa shape index (κ1) is 9.28. The van der Waals surface area contributed by atoms with Crippen molar-refractivity contribution in [1.82, 2.24) is 4.90 Å². The van der Waals surface area contributed by atoms with Gasteiger partial charge in [0.2, 0.25) is 0 Å². The second kappa shape index (κ2) is 3.73. The highest BCUT2D eigenvalue weighted by Gasteiger charge is 2.23. The van der Waals surface area contributed by atoms with Crippen LogP contribution in [0.2, 0.25) is 0 Å². The summed E-state index contributed by atoms with van der Waals surface area (Å²) >= 11 is 0. The molecule has 0 saturated carbocycles. The van der Waals surface area contributed by atoms with E-state index in [1.807, 2.05) is 0 Å². The van der Waals surface area contributed by atoms with Crippen LogP contribution in [0.4, 0.5) is 4.79 Å². The van der Waals surface area contributed by atoms with Crippen molar-refractivity contribution >= 4 is 6.09 Å². The van der Waals surface area contributed by atoms with Gasteiger partial charge in [-0.25, -0.2) is 4.79 Å². The van der Waals surface area contributed by atoms with Crippen molar-refractivity contribution in [3.05, 3.63) is 0 Å². The molecule has 2 unspecified atom stereocenters. The predicted molar refractivity (Wildman–Crippen MR) is 44.8 cm³/mol. The number of hydrogen-bond acceptors (Lipinski definition) is 3. The van der Waals surface area contributed by atoms with Gasteiger partial charge in [0.25, 0.3) is 0 Å². The molecule has 1 aliphatic rings. The first-order valence-corrected chi connectivity index (χ1v) is 4.10. The van der Waals surface area contributed by atoms with Crippen molar-refractivity contribution in [2.24, 2.45) is 11.5 Å². The molecule has 0 aliphatic carbocycles. The van der Waals surface area contributed by atoms with Gasteiger partial charge in [-0.1, -0.05) is 0 Å². The minimum Gasteiger partial charge on any atom is -0.465 e. The van der Waals surface area contributed by atoms with Crippen LogP contribution in [0.3, 0.4) is 0 Å². The quantitative estimate of drug-likeness (QED) is 0.456. The molecule has 0 radical (unpaired) electrons. The molecular weight excluding hydrogens is 158 g/mol. The molecule has 5 heteroatoms. The molecule has 0 aromatic carbocycles. The zero-order chi connectivity index (χ0) is 9.14. The Bertz CT molecular complexity index is 174. The number of rotatable bonds is 0. The van der Waals surface area contributed by atoms with Gasteiger partial charge in [0.1, 0.15) is 0 Å². The second-order valence-corrected chi connectivity index (χ2v) is 3.20. The molecule has 1 aliphatic heterocycles. The van der Waals surface area contributed by atoms with Crippen LogP contribution in [-0.2, 0) is 0 Å². The third-order valence-corrected chi connectivity index (χ3v) is 2.22. The first-order chi connectivity index (χ1) is 5.61. The van der Waals surface area contributed by atoms with Crippen LogP contribution in [0.25, 0.3) is 0 Å². The maximum Gasteiger partial charge on any atom is 0.407 e. The maximum atomic E-state index is 10.6. The minimum absolute atomic E-state index is 0.0608. The van der Waals surface area contributed by atoms with Gasteiger partial charge in [0.05, 0.1) is 0 Å². The van der Waals surface area contributed by atoms with Gasteiger partial charge in [-0.05, 0) is 12.8 Å². The summed E-state index contributed by atoms with van der Waals surface area (Å²) in [6.45, 7) is 0.910. The highest BCUT2D eigenvalue weighted by atomic mass is 16.4. The number of carboxylic acid groups (broad SMARTS) is 1. The van der Waals surface area contributed by atoms with Gasteiger partial charge in [-0.15, -0.1) is 0 Å². The number of nitrogens with zero attached hydrogens (tertiary/aromatic N) is 1. The molecule has 2 atom stereocenters. The monoisotopic (exact) mass is 173 g/mol. The van der Waals surface area contributed by atoms with Crippen LogP contribution < -0.4 is 11.5 Å². The maximum absolute atomic E-state index is 10.6. The molecule has 5 N–H and O–H groups in total. The number of likely N-dealkylation sites (tertiary alicyclic amines) is 1. The Morgan fingerprint density at radius 3 is 2.67 bits per heavy atom. The topological polar surface area (TPSA) is 92.6 Å². The molecule has 0 aromatic heterocycles. The van der Waals surface area contributed by atoms with Crippen molar-refractivity contribution in [3.63, 3.8) is 0 Å². The average Bonchev–Trinajstić information content (AvgIpc) is 2.15. The van der Waals surface area contributed by atoms with Gasteiger partial charge >= 0.3 is 6.09 Å². The van der Waals surface area contributed by atoms with Crippen molar-refractivity contribution in [2.75, 3.05) is 13.1 Å². The first-order valence-electron chi connectivity index (χ1n) is 4.10. The van der Waals surface area contributed by atoms with Crippen LogP contribution in [0.5, 0.6) is 0 Å². The Morgan fingerprint density at radius 2 is 2.08 bits per heavy atom. The van der Waals surface area contributed by atoms with Crippen LogP contribution in [0, 0.1) is 0 Å². The van der Waals surface area contributed by atoms with Gasteiger partial charge in [-0.3, -0.25) is 0 Å². The zero-order valence-corrected chi connectivity index (χ0v) is 6.94. The fourth-order valence-electron chi connectivity index (χ4n) is 1.39. The van der Waals surface area contributed by atoms with Gasteiger partial charge in [0, 0.05) is 25.2 Å². The van der Waals surface area contributed by atoms with E-state index in [2.05, 4.69) is 0 Å². The largest absolute Gasteiger partial charge is 0.465 e. The Balaban J connectivity index is 2.54. The summed E-state index contributed by atoms with van der Waals surface area (Å²) in [5.41, 5.74) is 11.4. The Labute approximate surface area is 71.3 Å². The van der Waals surface area contributed by atoms with Gasteiger partial charge in [-0.2, -0.15) is 0 Å². The van der Waals surface area contributed by atoms with Crippen molar-refractivity contribution < 1.29 is 9.90 Å². The van der Waals surface area contributed by atoms with Crippen LogP contribution >= 0.6 is 0 Å². The van der Waals surface area contributed by atoms with E-state index >= 15 is 0 Å². The van der Waals surface area contributed by atoms with Crippen LogP contribution in [-0.4, -0.2) is 41.3 Å². The Morgan fingerprint density at radius 1 is 1.42 bits per heavy atom. The predicted octanol–water partition coefficient (Wildman–Crippen LogP) is -0.585. The molecule has 1 saturated heterocycles. The van der Waals surface area contributed by atoms with E-state index in [1.165, 1.54) is 4.90 Å².